The molecule has 1 aromatic carbocycles. The van der Waals surface area contributed by atoms with Gasteiger partial charge in [0, 0.05) is 0 Å². The molecule has 0 aliphatic carbocycles. The molecule has 1 nitrogen and oxygen atoms in total. The van der Waals surface area contributed by atoms with E-state index in [-0.39, 0.29) is 11.1 Å². The number of hydrogen-bond donors (Lipinski definition) is 1. The Morgan fingerprint density at radius 1 is 1.23 bits per heavy atom. The highest BCUT2D eigenvalue weighted by Crippen LogP contribution is 2.18. The van der Waals surface area contributed by atoms with Gasteiger partial charge in [0.05, 0.1) is 6.61 Å². The lowest BCUT2D eigenvalue weighted by Crippen LogP contribution is -1.95. The molecule has 0 aromatic heterocycles. The number of benzene rings is 1. The normalized spacial score (nSPS) is 10.2. The molecule has 0 aliphatic heterocycles. The first-order valence-corrected chi connectivity index (χ1v) is 3.49. The molecule has 0 atom stereocenters. The minimum absolute atomic E-state index is 0.0545. The van der Waals surface area contributed by atoms with Crippen LogP contribution in [-0.2, 0) is 0 Å². The maximum Gasteiger partial charge on any atom is 0.194 e. The van der Waals surface area contributed by atoms with Crippen LogP contribution < -0.4 is 0 Å². The van der Waals surface area contributed by atoms with E-state index in [1.165, 1.54) is 0 Å². The van der Waals surface area contributed by atoms with Gasteiger partial charge >= 0.3 is 0 Å². The summed E-state index contributed by atoms with van der Waals surface area (Å²) in [7, 11) is 0. The summed E-state index contributed by atoms with van der Waals surface area (Å²) in [5.41, 5.74) is 0.191. The first kappa shape index (κ1) is 9.80. The fourth-order valence-corrected chi connectivity index (χ4v) is 0.851. The second-order valence-electron chi connectivity index (χ2n) is 2.52. The van der Waals surface area contributed by atoms with Gasteiger partial charge < -0.3 is 5.11 Å². The smallest absolute Gasteiger partial charge is 0.194 e. The average Bonchev–Trinajstić information content (AvgIpc) is 2.12. The Balaban J connectivity index is 3.20. The number of rotatable bonds is 2. The van der Waals surface area contributed by atoms with Gasteiger partial charge in [-0.25, -0.2) is 13.2 Å². The Hall–Kier alpha value is -1.29. The summed E-state index contributed by atoms with van der Waals surface area (Å²) in [6.45, 7) is 2.92. The molecule has 0 aliphatic rings. The van der Waals surface area contributed by atoms with Crippen molar-refractivity contribution in [3.8, 4) is 0 Å². The Labute approximate surface area is 73.1 Å². The van der Waals surface area contributed by atoms with Crippen molar-refractivity contribution in [2.24, 2.45) is 0 Å². The van der Waals surface area contributed by atoms with Gasteiger partial charge in [0.15, 0.2) is 17.5 Å². The minimum atomic E-state index is -1.52. The largest absolute Gasteiger partial charge is 0.392 e. The van der Waals surface area contributed by atoms with Crippen molar-refractivity contribution in [3.63, 3.8) is 0 Å². The van der Waals surface area contributed by atoms with E-state index in [0.717, 1.165) is 12.1 Å². The van der Waals surface area contributed by atoms with E-state index in [1.807, 2.05) is 0 Å². The van der Waals surface area contributed by atoms with Crippen molar-refractivity contribution in [2.45, 2.75) is 0 Å². The van der Waals surface area contributed by atoms with E-state index < -0.39 is 24.1 Å². The van der Waals surface area contributed by atoms with Crippen LogP contribution in [-0.4, -0.2) is 11.7 Å². The Kier molecular flexibility index (Phi) is 2.72. The number of halogens is 3. The summed E-state index contributed by atoms with van der Waals surface area (Å²) in [5.74, 6) is -4.09. The molecule has 0 saturated heterocycles. The van der Waals surface area contributed by atoms with Crippen LogP contribution in [0.1, 0.15) is 5.56 Å². The Bertz CT molecular complexity index is 324. The van der Waals surface area contributed by atoms with E-state index >= 15 is 0 Å². The fraction of sp³-hybridized carbons (Fsp3) is 0.111. The zero-order valence-electron chi connectivity index (χ0n) is 6.65. The van der Waals surface area contributed by atoms with E-state index in [0.29, 0.717) is 0 Å². The minimum Gasteiger partial charge on any atom is -0.392 e. The molecule has 1 aromatic rings. The number of aliphatic hydroxyl groups is 1. The second-order valence-corrected chi connectivity index (χ2v) is 2.52. The lowest BCUT2D eigenvalue weighted by molar-refractivity contribution is 0.350. The van der Waals surface area contributed by atoms with Gasteiger partial charge in [-0.3, -0.25) is 0 Å². The van der Waals surface area contributed by atoms with Gasteiger partial charge in [-0.1, -0.05) is 6.58 Å². The SMILES string of the molecule is C=C(CO)c1cc(F)c(F)c(F)c1. The van der Waals surface area contributed by atoms with E-state index in [2.05, 4.69) is 6.58 Å². The van der Waals surface area contributed by atoms with Gasteiger partial charge in [0.1, 0.15) is 0 Å². The monoisotopic (exact) mass is 188 g/mol. The van der Waals surface area contributed by atoms with Crippen LogP contribution in [0.4, 0.5) is 13.2 Å². The summed E-state index contributed by atoms with van der Waals surface area (Å²) in [6, 6.07) is 1.58. The summed E-state index contributed by atoms with van der Waals surface area (Å²) in [4.78, 5) is 0. The van der Waals surface area contributed by atoms with Crippen molar-refractivity contribution in [1.29, 1.82) is 0 Å². The maximum absolute atomic E-state index is 12.6. The van der Waals surface area contributed by atoms with Crippen molar-refractivity contribution >= 4 is 5.57 Å². The lowest BCUT2D eigenvalue weighted by atomic mass is 10.1. The third kappa shape index (κ3) is 1.89. The van der Waals surface area contributed by atoms with Crippen LogP contribution in [0.5, 0.6) is 0 Å². The van der Waals surface area contributed by atoms with Crippen LogP contribution in [0.2, 0.25) is 0 Å². The Morgan fingerprint density at radius 3 is 2.08 bits per heavy atom. The van der Waals surface area contributed by atoms with Crippen molar-refractivity contribution in [1.82, 2.24) is 0 Å². The molecule has 0 heterocycles. The van der Waals surface area contributed by atoms with Gasteiger partial charge in [-0.15, -0.1) is 0 Å². The quantitative estimate of drug-likeness (QED) is 0.704. The molecule has 0 bridgehead atoms. The molecule has 0 fully saturated rings. The van der Waals surface area contributed by atoms with Crippen molar-refractivity contribution in [2.75, 3.05) is 6.61 Å². The van der Waals surface area contributed by atoms with E-state index in [1.54, 1.807) is 0 Å². The predicted octanol–water partition coefficient (Wildman–Crippen LogP) is 2.11. The lowest BCUT2D eigenvalue weighted by Gasteiger charge is -2.03. The molecule has 70 valence electrons. The summed E-state index contributed by atoms with van der Waals surface area (Å²) < 4.78 is 37.6. The van der Waals surface area contributed by atoms with Crippen LogP contribution in [0, 0.1) is 17.5 Å². The Morgan fingerprint density at radius 2 is 1.69 bits per heavy atom. The van der Waals surface area contributed by atoms with Crippen molar-refractivity contribution in [3.05, 3.63) is 41.7 Å². The molecule has 0 unspecified atom stereocenters. The third-order valence-corrected chi connectivity index (χ3v) is 1.58. The standard InChI is InChI=1S/C9H7F3O/c1-5(4-13)6-2-7(10)9(12)8(11)3-6/h2-3,13H,1,4H2. The highest BCUT2D eigenvalue weighted by atomic mass is 19.2. The maximum atomic E-state index is 12.6. The molecule has 0 amide bonds. The van der Waals surface area contributed by atoms with Crippen LogP contribution in [0.15, 0.2) is 18.7 Å². The summed E-state index contributed by atoms with van der Waals surface area (Å²) in [5, 5.41) is 8.60. The molecule has 0 spiro atoms. The van der Waals surface area contributed by atoms with Gasteiger partial charge in [-0.05, 0) is 23.3 Å². The van der Waals surface area contributed by atoms with Crippen molar-refractivity contribution < 1.29 is 18.3 Å². The molecule has 4 heteroatoms. The van der Waals surface area contributed by atoms with Crippen LogP contribution in [0.25, 0.3) is 5.57 Å². The molecule has 0 radical (unpaired) electrons. The predicted molar refractivity (Wildman–Crippen MR) is 42.4 cm³/mol. The van der Waals surface area contributed by atoms with E-state index in [9.17, 15) is 13.2 Å². The first-order chi connectivity index (χ1) is 6.06. The summed E-state index contributed by atoms with van der Waals surface area (Å²) in [6.07, 6.45) is 0. The molecule has 0 saturated carbocycles. The molecule has 13 heavy (non-hydrogen) atoms. The highest BCUT2D eigenvalue weighted by Gasteiger charge is 2.11. The number of hydrogen-bond acceptors (Lipinski definition) is 1. The summed E-state index contributed by atoms with van der Waals surface area (Å²) >= 11 is 0. The zero-order chi connectivity index (χ0) is 10.0. The molecule has 1 N–H and O–H groups in total. The topological polar surface area (TPSA) is 20.2 Å². The van der Waals surface area contributed by atoms with Gasteiger partial charge in [-0.2, -0.15) is 0 Å². The van der Waals surface area contributed by atoms with Gasteiger partial charge in [0.2, 0.25) is 0 Å². The molecule has 1 rings (SSSR count). The molecular formula is C9H7F3O. The fourth-order valence-electron chi connectivity index (χ4n) is 0.851. The average molecular weight is 188 g/mol. The zero-order valence-corrected chi connectivity index (χ0v) is 6.65. The number of aliphatic hydroxyl groups excluding tert-OH is 1. The highest BCUT2D eigenvalue weighted by molar-refractivity contribution is 5.63. The first-order valence-electron chi connectivity index (χ1n) is 3.49. The molecular weight excluding hydrogens is 181 g/mol. The second kappa shape index (κ2) is 3.62. The van der Waals surface area contributed by atoms with E-state index in [4.69, 9.17) is 5.11 Å². The van der Waals surface area contributed by atoms with Crippen LogP contribution in [0.3, 0.4) is 0 Å². The van der Waals surface area contributed by atoms with Crippen LogP contribution >= 0.6 is 0 Å². The van der Waals surface area contributed by atoms with Gasteiger partial charge in [0.25, 0.3) is 0 Å². The third-order valence-electron chi connectivity index (χ3n) is 1.58.